The van der Waals surface area contributed by atoms with Crippen LogP contribution in [0.2, 0.25) is 0 Å². The summed E-state index contributed by atoms with van der Waals surface area (Å²) in [6, 6.07) is 7.49. The molecule has 1 aliphatic heterocycles. The Morgan fingerprint density at radius 1 is 1.28 bits per heavy atom. The van der Waals surface area contributed by atoms with Crippen molar-refractivity contribution in [3.8, 4) is 0 Å². The van der Waals surface area contributed by atoms with Gasteiger partial charge in [-0.25, -0.2) is 0 Å². The molecular weight excluding hydrogens is 320 g/mol. The van der Waals surface area contributed by atoms with E-state index in [9.17, 15) is 9.59 Å². The molecule has 6 heteroatoms. The summed E-state index contributed by atoms with van der Waals surface area (Å²) in [7, 11) is 1.67. The minimum Gasteiger partial charge on any atom is -0.384 e. The molecule has 3 rings (SSSR count). The second-order valence-electron chi connectivity index (χ2n) is 6.87. The summed E-state index contributed by atoms with van der Waals surface area (Å²) >= 11 is 0. The van der Waals surface area contributed by atoms with Gasteiger partial charge in [0.2, 0.25) is 5.91 Å². The van der Waals surface area contributed by atoms with E-state index in [4.69, 9.17) is 9.47 Å². The zero-order valence-corrected chi connectivity index (χ0v) is 14.8. The molecule has 1 saturated heterocycles. The van der Waals surface area contributed by atoms with Crippen molar-refractivity contribution in [2.75, 3.05) is 26.9 Å². The van der Waals surface area contributed by atoms with Crippen molar-refractivity contribution >= 4 is 11.8 Å². The molecule has 1 aromatic rings. The number of ether oxygens (including phenoxy) is 2. The Morgan fingerprint density at radius 2 is 2.04 bits per heavy atom. The molecule has 25 heavy (non-hydrogen) atoms. The summed E-state index contributed by atoms with van der Waals surface area (Å²) in [6.45, 7) is 3.65. The molecule has 1 aliphatic carbocycles. The van der Waals surface area contributed by atoms with Gasteiger partial charge in [-0.2, -0.15) is 0 Å². The number of hydrogen-bond donors (Lipinski definition) is 2. The van der Waals surface area contributed by atoms with Gasteiger partial charge in [-0.05, 0) is 25.5 Å². The highest BCUT2D eigenvalue weighted by Gasteiger charge is 2.54. The molecule has 136 valence electrons. The van der Waals surface area contributed by atoms with E-state index in [1.807, 2.05) is 19.1 Å². The van der Waals surface area contributed by atoms with Crippen molar-refractivity contribution in [2.24, 2.45) is 11.8 Å². The lowest BCUT2D eigenvalue weighted by atomic mass is 9.67. The van der Waals surface area contributed by atoms with Gasteiger partial charge in [0, 0.05) is 50.1 Å². The zero-order valence-electron chi connectivity index (χ0n) is 14.8. The molecule has 1 heterocycles. The number of amides is 2. The average molecular weight is 346 g/mol. The molecule has 0 spiro atoms. The molecule has 2 fully saturated rings. The lowest BCUT2D eigenvalue weighted by molar-refractivity contribution is -0.129. The third kappa shape index (κ3) is 4.02. The molecule has 2 amide bonds. The molecule has 2 N–H and O–H groups in total. The van der Waals surface area contributed by atoms with E-state index in [-0.39, 0.29) is 36.3 Å². The quantitative estimate of drug-likeness (QED) is 0.780. The van der Waals surface area contributed by atoms with Gasteiger partial charge in [-0.1, -0.05) is 17.7 Å². The number of methoxy groups -OCH3 is 1. The lowest BCUT2D eigenvalue weighted by Gasteiger charge is -2.47. The molecule has 2 aliphatic rings. The van der Waals surface area contributed by atoms with Gasteiger partial charge in [0.1, 0.15) is 0 Å². The van der Waals surface area contributed by atoms with Crippen LogP contribution in [0, 0.1) is 18.8 Å². The van der Waals surface area contributed by atoms with Crippen LogP contribution in [-0.2, 0) is 14.3 Å². The molecule has 6 nitrogen and oxygen atoms in total. The van der Waals surface area contributed by atoms with Crippen LogP contribution in [-0.4, -0.2) is 50.8 Å². The van der Waals surface area contributed by atoms with Crippen molar-refractivity contribution < 1.29 is 19.1 Å². The highest BCUT2D eigenvalue weighted by molar-refractivity contribution is 5.94. The van der Waals surface area contributed by atoms with Crippen LogP contribution < -0.4 is 10.6 Å². The first-order chi connectivity index (χ1) is 12.1. The minimum atomic E-state index is -0.155. The maximum absolute atomic E-state index is 12.2. The molecule has 1 aromatic carbocycles. The van der Waals surface area contributed by atoms with Gasteiger partial charge < -0.3 is 20.1 Å². The van der Waals surface area contributed by atoms with Gasteiger partial charge in [-0.3, -0.25) is 9.59 Å². The number of rotatable bonds is 7. The smallest absolute Gasteiger partial charge is 0.251 e. The van der Waals surface area contributed by atoms with Gasteiger partial charge in [-0.15, -0.1) is 0 Å². The first kappa shape index (κ1) is 17.9. The normalized spacial score (nSPS) is 27.3. The van der Waals surface area contributed by atoms with Crippen LogP contribution in [0.25, 0.3) is 0 Å². The molecular formula is C19H26N2O4. The van der Waals surface area contributed by atoms with Gasteiger partial charge in [0.15, 0.2) is 0 Å². The lowest BCUT2D eigenvalue weighted by Crippen LogP contribution is -2.62. The molecule has 1 saturated carbocycles. The number of nitrogens with one attached hydrogen (secondary N) is 2. The predicted molar refractivity (Wildman–Crippen MR) is 93.3 cm³/mol. The Morgan fingerprint density at radius 3 is 2.76 bits per heavy atom. The first-order valence-corrected chi connectivity index (χ1v) is 8.85. The second kappa shape index (κ2) is 7.97. The SMILES string of the molecule is COC[C@@H]1[C@H](NC(=O)CCNC(=O)c2ccc(C)cc2)[C@H]2CCO[C@H]21. The van der Waals surface area contributed by atoms with Crippen molar-refractivity contribution in [3.05, 3.63) is 35.4 Å². The van der Waals surface area contributed by atoms with Crippen LogP contribution in [0.4, 0.5) is 0 Å². The average Bonchev–Trinajstić information content (AvgIpc) is 3.02. The minimum absolute atomic E-state index is 0.0411. The summed E-state index contributed by atoms with van der Waals surface area (Å²) in [6.07, 6.45) is 1.47. The highest BCUT2D eigenvalue weighted by Crippen LogP contribution is 2.43. The number of aryl methyl sites for hydroxylation is 1. The summed E-state index contributed by atoms with van der Waals surface area (Å²) in [5.41, 5.74) is 1.72. The summed E-state index contributed by atoms with van der Waals surface area (Å²) < 4.78 is 11.0. The third-order valence-electron chi connectivity index (χ3n) is 5.17. The largest absolute Gasteiger partial charge is 0.384 e. The monoisotopic (exact) mass is 346 g/mol. The van der Waals surface area contributed by atoms with E-state index in [1.54, 1.807) is 19.2 Å². The van der Waals surface area contributed by atoms with Crippen LogP contribution in [0.5, 0.6) is 0 Å². The van der Waals surface area contributed by atoms with E-state index in [1.165, 1.54) is 0 Å². The topological polar surface area (TPSA) is 76.7 Å². The standard InChI is InChI=1S/C19H26N2O4/c1-12-3-5-13(6-4-12)19(23)20-9-7-16(22)21-17-14-8-10-25-18(14)15(17)11-24-2/h3-6,14-15,17-18H,7-11H2,1-2H3,(H,20,23)(H,21,22)/t14-,15-,17-,18-/m1/s1. The molecule has 0 radical (unpaired) electrons. The second-order valence-corrected chi connectivity index (χ2v) is 6.87. The molecule has 0 bridgehead atoms. The van der Waals surface area contributed by atoms with Gasteiger partial charge in [0.25, 0.3) is 5.91 Å². The van der Waals surface area contributed by atoms with E-state index in [0.29, 0.717) is 24.6 Å². The number of carbonyl (C=O) groups excluding carboxylic acids is 2. The Labute approximate surface area is 148 Å². The Bertz CT molecular complexity index is 616. The van der Waals surface area contributed by atoms with Crippen LogP contribution >= 0.6 is 0 Å². The van der Waals surface area contributed by atoms with E-state index in [2.05, 4.69) is 10.6 Å². The zero-order chi connectivity index (χ0) is 17.8. The highest BCUT2D eigenvalue weighted by atomic mass is 16.5. The van der Waals surface area contributed by atoms with E-state index < -0.39 is 0 Å². The number of hydrogen-bond acceptors (Lipinski definition) is 4. The fourth-order valence-electron chi connectivity index (χ4n) is 3.79. The maximum atomic E-state index is 12.2. The predicted octanol–water partition coefficient (Wildman–Crippen LogP) is 1.28. The van der Waals surface area contributed by atoms with Crippen LogP contribution in [0.3, 0.4) is 0 Å². The van der Waals surface area contributed by atoms with Crippen LogP contribution in [0.1, 0.15) is 28.8 Å². The number of carbonyl (C=O) groups is 2. The van der Waals surface area contributed by atoms with Gasteiger partial charge in [0.05, 0.1) is 12.7 Å². The van der Waals surface area contributed by atoms with E-state index in [0.717, 1.165) is 18.6 Å². The van der Waals surface area contributed by atoms with Crippen molar-refractivity contribution in [3.63, 3.8) is 0 Å². The Kier molecular flexibility index (Phi) is 5.71. The van der Waals surface area contributed by atoms with E-state index >= 15 is 0 Å². The maximum Gasteiger partial charge on any atom is 0.251 e. The molecule has 0 aromatic heterocycles. The third-order valence-corrected chi connectivity index (χ3v) is 5.17. The summed E-state index contributed by atoms with van der Waals surface area (Å²) in [5.74, 6) is 0.425. The van der Waals surface area contributed by atoms with Gasteiger partial charge >= 0.3 is 0 Å². The van der Waals surface area contributed by atoms with Crippen molar-refractivity contribution in [1.29, 1.82) is 0 Å². The first-order valence-electron chi connectivity index (χ1n) is 8.85. The van der Waals surface area contributed by atoms with Crippen molar-refractivity contribution in [2.45, 2.75) is 31.9 Å². The summed E-state index contributed by atoms with van der Waals surface area (Å²) in [5, 5.41) is 5.89. The number of fused-ring (bicyclic) bond motifs is 1. The Hall–Kier alpha value is -1.92. The summed E-state index contributed by atoms with van der Waals surface area (Å²) in [4.78, 5) is 24.2. The fraction of sp³-hybridized carbons (Fsp3) is 0.579. The number of benzene rings is 1. The van der Waals surface area contributed by atoms with Crippen LogP contribution in [0.15, 0.2) is 24.3 Å². The fourth-order valence-corrected chi connectivity index (χ4v) is 3.79. The Balaban J connectivity index is 1.42. The molecule has 0 unspecified atom stereocenters. The molecule has 4 atom stereocenters. The van der Waals surface area contributed by atoms with Crippen molar-refractivity contribution in [1.82, 2.24) is 10.6 Å².